The van der Waals surface area contributed by atoms with Gasteiger partial charge >= 0.3 is 5.97 Å². The van der Waals surface area contributed by atoms with Gasteiger partial charge in [-0.15, -0.1) is 0 Å². The Hall–Kier alpha value is -1.98. The van der Waals surface area contributed by atoms with E-state index in [0.717, 1.165) is 24.0 Å². The third-order valence-electron chi connectivity index (χ3n) is 5.97. The number of carbonyl (C=O) groups is 1. The summed E-state index contributed by atoms with van der Waals surface area (Å²) in [6.45, 7) is 11.7. The van der Waals surface area contributed by atoms with E-state index in [4.69, 9.17) is 4.74 Å². The highest BCUT2D eigenvalue weighted by atomic mass is 32.2. The van der Waals surface area contributed by atoms with E-state index in [1.807, 2.05) is 77.1 Å². The average molecular weight is 442 g/mol. The van der Waals surface area contributed by atoms with Gasteiger partial charge < -0.3 is 4.74 Å². The molecule has 3 rings (SSSR count). The molecule has 4 nitrogen and oxygen atoms in total. The van der Waals surface area contributed by atoms with Crippen LogP contribution < -0.4 is 4.72 Å². The molecule has 0 spiro atoms. The molecule has 1 aliphatic rings. The van der Waals surface area contributed by atoms with Crippen LogP contribution in [0.4, 0.5) is 0 Å². The molecule has 2 aromatic rings. The minimum atomic E-state index is -1.54. The molecule has 0 heterocycles. The first-order valence-corrected chi connectivity index (χ1v) is 12.3. The molecule has 0 amide bonds. The lowest BCUT2D eigenvalue weighted by atomic mass is 9.74. The van der Waals surface area contributed by atoms with Crippen LogP contribution in [0.2, 0.25) is 0 Å². The summed E-state index contributed by atoms with van der Waals surface area (Å²) >= 11 is 0. The maximum absolute atomic E-state index is 14.2. The number of nitrogens with one attached hydrogen (secondary N) is 1. The Labute approximate surface area is 189 Å². The number of fused-ring (bicyclic) bond motifs is 1. The van der Waals surface area contributed by atoms with E-state index < -0.39 is 27.4 Å². The lowest BCUT2D eigenvalue weighted by Crippen LogP contribution is -2.51. The van der Waals surface area contributed by atoms with Gasteiger partial charge in [0, 0.05) is 0 Å². The van der Waals surface area contributed by atoms with Gasteiger partial charge in [-0.2, -0.15) is 0 Å². The minimum Gasteiger partial charge on any atom is -0.459 e. The van der Waals surface area contributed by atoms with Crippen molar-refractivity contribution in [3.8, 4) is 0 Å². The Kier molecular flexibility index (Phi) is 7.07. The van der Waals surface area contributed by atoms with E-state index in [9.17, 15) is 9.00 Å². The molecule has 2 aromatic carbocycles. The van der Waals surface area contributed by atoms with Crippen molar-refractivity contribution in [3.63, 3.8) is 0 Å². The van der Waals surface area contributed by atoms with Crippen molar-refractivity contribution in [2.24, 2.45) is 5.92 Å². The van der Waals surface area contributed by atoms with Crippen molar-refractivity contribution in [1.82, 2.24) is 4.72 Å². The molecule has 31 heavy (non-hydrogen) atoms. The molecule has 4 atom stereocenters. The molecular weight excluding hydrogens is 406 g/mol. The van der Waals surface area contributed by atoms with Crippen LogP contribution in [-0.2, 0) is 25.3 Å². The summed E-state index contributed by atoms with van der Waals surface area (Å²) in [5, 5.41) is 0. The van der Waals surface area contributed by atoms with Gasteiger partial charge in [0.05, 0.1) is 0 Å². The molecular formula is C26H35NO3S. The van der Waals surface area contributed by atoms with Gasteiger partial charge in [-0.1, -0.05) is 75.4 Å². The molecule has 0 aromatic heterocycles. The molecule has 5 heteroatoms. The van der Waals surface area contributed by atoms with E-state index >= 15 is 0 Å². The van der Waals surface area contributed by atoms with Crippen LogP contribution in [0.3, 0.4) is 0 Å². The van der Waals surface area contributed by atoms with Gasteiger partial charge in [0.1, 0.15) is 27.4 Å². The first-order chi connectivity index (χ1) is 14.6. The molecule has 0 fully saturated rings. The monoisotopic (exact) mass is 441 g/mol. The summed E-state index contributed by atoms with van der Waals surface area (Å²) in [6.07, 6.45) is 1.67. The highest BCUT2D eigenvalue weighted by Gasteiger charge is 2.47. The number of hydrogen-bond donors (Lipinski definition) is 1. The first kappa shape index (κ1) is 23.7. The number of rotatable bonds is 6. The summed E-state index contributed by atoms with van der Waals surface area (Å²) in [5.41, 5.74) is 2.72. The summed E-state index contributed by atoms with van der Waals surface area (Å²) in [5.74, 6) is -0.0299. The van der Waals surface area contributed by atoms with E-state index in [1.165, 1.54) is 5.56 Å². The zero-order chi connectivity index (χ0) is 22.8. The third kappa shape index (κ3) is 4.93. The normalized spacial score (nSPS) is 23.1. The van der Waals surface area contributed by atoms with Crippen LogP contribution in [-0.4, -0.2) is 21.8 Å². The molecule has 0 radical (unpaired) electrons. The molecule has 0 aliphatic heterocycles. The van der Waals surface area contributed by atoms with Gasteiger partial charge in [0.25, 0.3) is 0 Å². The fraction of sp³-hybridized carbons (Fsp3) is 0.500. The van der Waals surface area contributed by atoms with Gasteiger partial charge in [-0.25, -0.2) is 8.93 Å². The lowest BCUT2D eigenvalue weighted by Gasteiger charge is -2.42. The molecule has 168 valence electrons. The molecule has 1 N–H and O–H groups in total. The Bertz CT molecular complexity index is 935. The van der Waals surface area contributed by atoms with Crippen LogP contribution >= 0.6 is 0 Å². The number of ether oxygens (including phenoxy) is 1. The molecule has 0 bridgehead atoms. The predicted octanol–water partition coefficient (Wildman–Crippen LogP) is 5.45. The summed E-state index contributed by atoms with van der Waals surface area (Å²) in [4.78, 5) is 12.9. The maximum Gasteiger partial charge on any atom is 0.324 e. The van der Waals surface area contributed by atoms with E-state index in [2.05, 4.69) is 23.8 Å². The Morgan fingerprint density at radius 1 is 1.10 bits per heavy atom. The van der Waals surface area contributed by atoms with Gasteiger partial charge in [-0.05, 0) is 62.1 Å². The van der Waals surface area contributed by atoms with E-state index in [-0.39, 0.29) is 11.9 Å². The Balaban J connectivity index is 2.07. The quantitative estimate of drug-likeness (QED) is 0.607. The van der Waals surface area contributed by atoms with E-state index in [1.54, 1.807) is 0 Å². The van der Waals surface area contributed by atoms with Crippen LogP contribution in [0, 0.1) is 5.92 Å². The lowest BCUT2D eigenvalue weighted by molar-refractivity contribution is -0.158. The molecule has 0 saturated carbocycles. The van der Waals surface area contributed by atoms with Gasteiger partial charge in [0.15, 0.2) is 0 Å². The maximum atomic E-state index is 14.2. The fourth-order valence-electron chi connectivity index (χ4n) is 4.35. The summed E-state index contributed by atoms with van der Waals surface area (Å²) < 4.78 is 22.3. The van der Waals surface area contributed by atoms with Crippen LogP contribution in [0.1, 0.15) is 77.0 Å². The number of esters is 1. The van der Waals surface area contributed by atoms with E-state index in [0.29, 0.717) is 5.92 Å². The molecule has 1 aliphatic carbocycles. The smallest absolute Gasteiger partial charge is 0.324 e. The second-order valence-corrected chi connectivity index (χ2v) is 11.3. The van der Waals surface area contributed by atoms with Crippen molar-refractivity contribution >= 4 is 17.0 Å². The highest BCUT2D eigenvalue weighted by molar-refractivity contribution is 7.84. The summed E-state index contributed by atoms with van der Waals surface area (Å²) in [7, 11) is -1.54. The second kappa shape index (κ2) is 9.25. The van der Waals surface area contributed by atoms with Crippen LogP contribution in [0.25, 0.3) is 0 Å². The molecule has 0 saturated heterocycles. The van der Waals surface area contributed by atoms with Crippen molar-refractivity contribution in [2.45, 2.75) is 76.7 Å². The first-order valence-electron chi connectivity index (χ1n) is 11.1. The topological polar surface area (TPSA) is 55.4 Å². The zero-order valence-corrected chi connectivity index (χ0v) is 20.3. The van der Waals surface area contributed by atoms with Crippen molar-refractivity contribution < 1.29 is 13.7 Å². The van der Waals surface area contributed by atoms with Gasteiger partial charge in [-0.3, -0.25) is 4.79 Å². The largest absolute Gasteiger partial charge is 0.459 e. The van der Waals surface area contributed by atoms with Crippen LogP contribution in [0.5, 0.6) is 0 Å². The average Bonchev–Trinajstić information content (AvgIpc) is 2.71. The summed E-state index contributed by atoms with van der Waals surface area (Å²) in [6, 6.07) is 17.7. The third-order valence-corrected chi connectivity index (χ3v) is 7.73. The zero-order valence-electron chi connectivity index (χ0n) is 19.5. The standard InChI is InChI=1S/C26H35NO3S/c1-18(2)23(24(28)30-25(4,5)6)27-31(29)26(20-12-8-7-9-13-20)17-16-19(3)21-14-10-11-15-22(21)26/h7-15,18-19,23,27H,16-17H2,1-6H3/t19-,23+,26+,31?/m0/s1. The highest BCUT2D eigenvalue weighted by Crippen LogP contribution is 2.48. The minimum absolute atomic E-state index is 0.0654. The Morgan fingerprint density at radius 3 is 2.32 bits per heavy atom. The van der Waals surface area contributed by atoms with Crippen molar-refractivity contribution in [3.05, 3.63) is 71.3 Å². The van der Waals surface area contributed by atoms with Gasteiger partial charge in [0.2, 0.25) is 0 Å². The Morgan fingerprint density at radius 2 is 1.71 bits per heavy atom. The number of benzene rings is 2. The van der Waals surface area contributed by atoms with Crippen molar-refractivity contribution in [1.29, 1.82) is 0 Å². The predicted molar refractivity (Wildman–Crippen MR) is 127 cm³/mol. The number of hydrogen-bond acceptors (Lipinski definition) is 3. The fourth-order valence-corrected chi connectivity index (χ4v) is 6.19. The SMILES string of the molecule is CC(C)[C@@H](NS(=O)[C@@]1(c2ccccc2)CC[C@H](C)c2ccccc21)C(=O)OC(C)(C)C. The van der Waals surface area contributed by atoms with Crippen molar-refractivity contribution in [2.75, 3.05) is 0 Å². The number of carbonyl (C=O) groups excluding carboxylic acids is 1. The molecule has 1 unspecified atom stereocenters. The second-order valence-electron chi connectivity index (χ2n) is 9.86. The van der Waals surface area contributed by atoms with Crippen LogP contribution in [0.15, 0.2) is 54.6 Å².